The van der Waals surface area contributed by atoms with Gasteiger partial charge in [0.2, 0.25) is 0 Å². The van der Waals surface area contributed by atoms with Crippen LogP contribution in [0.2, 0.25) is 0 Å². The van der Waals surface area contributed by atoms with Gasteiger partial charge in [0.15, 0.2) is 0 Å². The maximum Gasteiger partial charge on any atom is 0.416 e. The molecule has 0 aliphatic heterocycles. The number of alkyl halides is 3. The summed E-state index contributed by atoms with van der Waals surface area (Å²) in [4.78, 5) is 19.8. The molecule has 1 heterocycles. The molecule has 0 saturated heterocycles. The normalized spacial score (nSPS) is 12.0. The van der Waals surface area contributed by atoms with Gasteiger partial charge in [-0.1, -0.05) is 12.1 Å². The predicted octanol–water partition coefficient (Wildman–Crippen LogP) is 5.66. The molecule has 0 aliphatic carbocycles. The van der Waals surface area contributed by atoms with Crippen LogP contribution in [-0.4, -0.2) is 24.0 Å². The van der Waals surface area contributed by atoms with E-state index in [0.717, 1.165) is 12.1 Å². The first-order valence-corrected chi connectivity index (χ1v) is 8.95. The van der Waals surface area contributed by atoms with Crippen LogP contribution in [0.1, 0.15) is 17.5 Å². The fourth-order valence-corrected chi connectivity index (χ4v) is 2.89. The molecule has 1 aromatic heterocycles. The number of pyridine rings is 1. The van der Waals surface area contributed by atoms with E-state index in [1.165, 1.54) is 25.4 Å². The van der Waals surface area contributed by atoms with Gasteiger partial charge >= 0.3 is 6.18 Å². The summed E-state index contributed by atoms with van der Waals surface area (Å²) in [6, 6.07) is 12.4. The van der Waals surface area contributed by atoms with E-state index >= 15 is 0 Å². The largest absolute Gasteiger partial charge is 0.416 e. The molecular weight excluding hydrogens is 398 g/mol. The summed E-state index contributed by atoms with van der Waals surface area (Å²) in [5.74, 6) is -0.448. The van der Waals surface area contributed by atoms with Gasteiger partial charge in [0.1, 0.15) is 12.1 Å². The molecule has 154 valence electrons. The Balaban J connectivity index is 2.07. The number of aliphatic imine (C=N–C) groups is 1. The van der Waals surface area contributed by atoms with Gasteiger partial charge in [0.05, 0.1) is 28.3 Å². The minimum absolute atomic E-state index is 0.0785. The van der Waals surface area contributed by atoms with Gasteiger partial charge in [0, 0.05) is 30.8 Å². The predicted molar refractivity (Wildman–Crippen MR) is 107 cm³/mol. The molecule has 2 aromatic carbocycles. The second-order valence-electron chi connectivity index (χ2n) is 6.32. The number of nitrogens with one attached hydrogen (secondary N) is 1. The first-order valence-electron chi connectivity index (χ1n) is 8.95. The number of nitrogens with zero attached hydrogens (tertiary/aromatic N) is 2. The van der Waals surface area contributed by atoms with Crippen molar-refractivity contribution in [3.05, 3.63) is 77.7 Å². The lowest BCUT2D eigenvalue weighted by Crippen LogP contribution is -2.06. The highest BCUT2D eigenvalue weighted by molar-refractivity contribution is 6.08. The zero-order chi connectivity index (χ0) is 21.7. The molecule has 0 unspecified atom stereocenters. The Morgan fingerprint density at radius 1 is 1.13 bits per heavy atom. The van der Waals surface area contributed by atoms with Crippen LogP contribution in [0.4, 0.5) is 28.9 Å². The highest BCUT2D eigenvalue weighted by atomic mass is 19.4. The first kappa shape index (κ1) is 21.2. The van der Waals surface area contributed by atoms with Crippen LogP contribution in [0.3, 0.4) is 0 Å². The molecule has 0 radical (unpaired) electrons. The zero-order valence-corrected chi connectivity index (χ0v) is 15.9. The number of halogens is 4. The Hall–Kier alpha value is -3.55. The third-order valence-corrected chi connectivity index (χ3v) is 4.37. The molecule has 3 rings (SSSR count). The Morgan fingerprint density at radius 3 is 2.57 bits per heavy atom. The summed E-state index contributed by atoms with van der Waals surface area (Å²) >= 11 is 0. The van der Waals surface area contributed by atoms with Crippen molar-refractivity contribution >= 4 is 23.4 Å². The molecule has 4 nitrogen and oxygen atoms in total. The van der Waals surface area contributed by atoms with Gasteiger partial charge in [-0.25, -0.2) is 4.39 Å². The number of aromatic nitrogens is 1. The van der Waals surface area contributed by atoms with Crippen LogP contribution >= 0.6 is 0 Å². The summed E-state index contributed by atoms with van der Waals surface area (Å²) in [6.07, 6.45) is -2.46. The van der Waals surface area contributed by atoms with Crippen molar-refractivity contribution in [3.63, 3.8) is 0 Å². The number of benzene rings is 2. The fraction of sp³-hybridized carbons (Fsp3) is 0.136. The van der Waals surface area contributed by atoms with Gasteiger partial charge in [-0.2, -0.15) is 13.2 Å². The summed E-state index contributed by atoms with van der Waals surface area (Å²) in [5.41, 5.74) is 1.07. The number of hydrogen-bond acceptors (Lipinski definition) is 4. The number of anilines is 1. The van der Waals surface area contributed by atoms with E-state index in [9.17, 15) is 22.4 Å². The number of carbonyl (C=O) groups is 1. The molecular formula is C22H17F4N3O. The Morgan fingerprint density at radius 2 is 1.90 bits per heavy atom. The van der Waals surface area contributed by atoms with Crippen LogP contribution in [0, 0.1) is 5.82 Å². The highest BCUT2D eigenvalue weighted by Crippen LogP contribution is 2.35. The minimum Gasteiger partial charge on any atom is -0.386 e. The Kier molecular flexibility index (Phi) is 6.25. The van der Waals surface area contributed by atoms with E-state index < -0.39 is 17.6 Å². The number of aldehydes is 1. The number of hydrogen-bond donors (Lipinski definition) is 1. The van der Waals surface area contributed by atoms with Gasteiger partial charge in [0.25, 0.3) is 0 Å². The Bertz CT molecular complexity index is 1090. The Labute approximate surface area is 170 Å². The molecule has 0 atom stereocenters. The summed E-state index contributed by atoms with van der Waals surface area (Å²) in [7, 11) is 1.48. The maximum absolute atomic E-state index is 14.1. The van der Waals surface area contributed by atoms with E-state index in [1.54, 1.807) is 30.3 Å². The van der Waals surface area contributed by atoms with E-state index in [2.05, 4.69) is 15.3 Å². The average molecular weight is 415 g/mol. The second kappa shape index (κ2) is 8.86. The van der Waals surface area contributed by atoms with Crippen molar-refractivity contribution in [1.82, 2.24) is 4.98 Å². The van der Waals surface area contributed by atoms with Crippen LogP contribution in [0.25, 0.3) is 11.3 Å². The number of carbonyl (C=O) groups excluding carboxylic acids is 1. The minimum atomic E-state index is -4.49. The van der Waals surface area contributed by atoms with Crippen molar-refractivity contribution in [2.24, 2.45) is 4.99 Å². The molecule has 30 heavy (non-hydrogen) atoms. The van der Waals surface area contributed by atoms with Crippen LogP contribution < -0.4 is 5.32 Å². The molecule has 0 spiro atoms. The van der Waals surface area contributed by atoms with Gasteiger partial charge in [-0.05, 0) is 42.5 Å². The van der Waals surface area contributed by atoms with E-state index in [-0.39, 0.29) is 23.4 Å². The molecule has 0 amide bonds. The van der Waals surface area contributed by atoms with Crippen LogP contribution in [0.15, 0.2) is 65.8 Å². The quantitative estimate of drug-likeness (QED) is 0.321. The second-order valence-corrected chi connectivity index (χ2v) is 6.32. The lowest BCUT2D eigenvalue weighted by atomic mass is 10.0. The molecule has 0 fully saturated rings. The standard InChI is InChI=1S/C22H17F4N3O/c1-27-21-13-15(22(24,25)26)6-7-19(21)29-18(9-11-30)14-8-10-28-20(12-14)16-4-2-3-5-17(16)23/h2-8,10-13,27H,9H2,1H3/b29-18+. The molecule has 0 aliphatic rings. The summed E-state index contributed by atoms with van der Waals surface area (Å²) < 4.78 is 53.0. The van der Waals surface area contributed by atoms with E-state index in [0.29, 0.717) is 23.3 Å². The third kappa shape index (κ3) is 4.71. The molecule has 0 saturated carbocycles. The molecule has 1 N–H and O–H groups in total. The van der Waals surface area contributed by atoms with Gasteiger partial charge < -0.3 is 10.1 Å². The smallest absolute Gasteiger partial charge is 0.386 e. The van der Waals surface area contributed by atoms with Gasteiger partial charge in [-0.15, -0.1) is 0 Å². The first-order chi connectivity index (χ1) is 14.3. The van der Waals surface area contributed by atoms with Crippen molar-refractivity contribution < 1.29 is 22.4 Å². The number of rotatable bonds is 6. The van der Waals surface area contributed by atoms with Gasteiger partial charge in [-0.3, -0.25) is 9.98 Å². The van der Waals surface area contributed by atoms with Crippen molar-refractivity contribution in [2.75, 3.05) is 12.4 Å². The lowest BCUT2D eigenvalue weighted by Gasteiger charge is -2.12. The zero-order valence-electron chi connectivity index (χ0n) is 15.9. The highest BCUT2D eigenvalue weighted by Gasteiger charge is 2.31. The molecule has 0 bridgehead atoms. The van der Waals surface area contributed by atoms with Crippen molar-refractivity contribution in [2.45, 2.75) is 12.6 Å². The van der Waals surface area contributed by atoms with E-state index in [4.69, 9.17) is 0 Å². The third-order valence-electron chi connectivity index (χ3n) is 4.37. The monoisotopic (exact) mass is 415 g/mol. The van der Waals surface area contributed by atoms with E-state index in [1.807, 2.05) is 0 Å². The molecule has 3 aromatic rings. The van der Waals surface area contributed by atoms with Crippen molar-refractivity contribution in [1.29, 1.82) is 0 Å². The average Bonchev–Trinajstić information content (AvgIpc) is 2.73. The van der Waals surface area contributed by atoms with Crippen LogP contribution in [0.5, 0.6) is 0 Å². The summed E-state index contributed by atoms with van der Waals surface area (Å²) in [5, 5.41) is 2.69. The summed E-state index contributed by atoms with van der Waals surface area (Å²) in [6.45, 7) is 0. The van der Waals surface area contributed by atoms with Crippen molar-refractivity contribution in [3.8, 4) is 11.3 Å². The SMILES string of the molecule is CNc1cc(C(F)(F)F)ccc1/N=C(\CC=O)c1ccnc(-c2ccccc2F)c1. The maximum atomic E-state index is 14.1. The fourth-order valence-electron chi connectivity index (χ4n) is 2.89. The van der Waals surface area contributed by atoms with Crippen LogP contribution in [-0.2, 0) is 11.0 Å². The lowest BCUT2D eigenvalue weighted by molar-refractivity contribution is -0.137. The topological polar surface area (TPSA) is 54.4 Å². The molecule has 8 heteroatoms.